The molecular formula is C16H17N3O6S. The minimum atomic E-state index is -4.12. The quantitative estimate of drug-likeness (QED) is 0.574. The summed E-state index contributed by atoms with van der Waals surface area (Å²) in [5.41, 5.74) is 0. The number of carbonyl (C=O) groups is 1. The zero-order valence-corrected chi connectivity index (χ0v) is 14.4. The van der Waals surface area contributed by atoms with Crippen LogP contribution in [0.3, 0.4) is 0 Å². The van der Waals surface area contributed by atoms with Crippen LogP contribution in [0.4, 0.5) is 0 Å². The van der Waals surface area contributed by atoms with Crippen molar-refractivity contribution >= 4 is 15.9 Å². The van der Waals surface area contributed by atoms with Crippen LogP contribution in [0.15, 0.2) is 53.7 Å². The van der Waals surface area contributed by atoms with E-state index in [0.717, 1.165) is 0 Å². The van der Waals surface area contributed by atoms with Crippen LogP contribution in [-0.4, -0.2) is 42.9 Å². The molecule has 2 aromatic rings. The number of pyridine rings is 1. The van der Waals surface area contributed by atoms with Crippen molar-refractivity contribution < 1.29 is 27.9 Å². The first-order valence-electron chi connectivity index (χ1n) is 7.77. The first-order valence-corrected chi connectivity index (χ1v) is 9.25. The second kappa shape index (κ2) is 7.79. The lowest BCUT2D eigenvalue weighted by atomic mass is 10.1. The van der Waals surface area contributed by atoms with E-state index in [1.54, 1.807) is 24.5 Å². The number of aromatic nitrogens is 1. The lowest BCUT2D eigenvalue weighted by Crippen LogP contribution is -2.46. The molecule has 3 rings (SSSR count). The summed E-state index contributed by atoms with van der Waals surface area (Å²) in [6.07, 6.45) is 3.57. The molecule has 2 N–H and O–H groups in total. The fraction of sp³-hybridized carbons (Fsp3) is 0.250. The van der Waals surface area contributed by atoms with Gasteiger partial charge in [0.05, 0.1) is 17.4 Å². The van der Waals surface area contributed by atoms with Gasteiger partial charge < -0.3 is 9.47 Å². The number of rotatable bonds is 6. The maximum atomic E-state index is 12.3. The van der Waals surface area contributed by atoms with Crippen molar-refractivity contribution in [3.63, 3.8) is 0 Å². The maximum Gasteiger partial charge on any atom is 0.267 e. The number of carbonyl (C=O) groups excluding carboxylic acids is 1. The molecule has 1 amide bonds. The Morgan fingerprint density at radius 3 is 2.46 bits per heavy atom. The Hall–Kier alpha value is -2.53. The lowest BCUT2D eigenvalue weighted by molar-refractivity contribution is -0.177. The van der Waals surface area contributed by atoms with E-state index in [1.807, 2.05) is 4.83 Å². The first-order chi connectivity index (χ1) is 12.5. The molecule has 1 aromatic carbocycles. The van der Waals surface area contributed by atoms with Gasteiger partial charge in [-0.2, -0.15) is 0 Å². The van der Waals surface area contributed by atoms with E-state index in [2.05, 4.69) is 4.98 Å². The molecule has 2 heterocycles. The van der Waals surface area contributed by atoms with E-state index in [9.17, 15) is 18.4 Å². The lowest BCUT2D eigenvalue weighted by Gasteiger charge is -2.18. The van der Waals surface area contributed by atoms with E-state index >= 15 is 0 Å². The molecule has 1 fully saturated rings. The SMILES string of the molecule is O=C(C1CCOC1)N(O)NS(=O)(=O)c1ccc(Oc2ccncc2)cc1. The highest BCUT2D eigenvalue weighted by atomic mass is 32.2. The third kappa shape index (κ3) is 4.35. The fourth-order valence-electron chi connectivity index (χ4n) is 2.34. The van der Waals surface area contributed by atoms with Gasteiger partial charge in [0, 0.05) is 19.0 Å². The molecule has 9 nitrogen and oxygen atoms in total. The average Bonchev–Trinajstić information content (AvgIpc) is 3.16. The largest absolute Gasteiger partial charge is 0.457 e. The predicted octanol–water partition coefficient (Wildman–Crippen LogP) is 1.32. The molecule has 0 aliphatic carbocycles. The van der Waals surface area contributed by atoms with Gasteiger partial charge in [-0.15, -0.1) is 5.17 Å². The van der Waals surface area contributed by atoms with E-state index in [4.69, 9.17) is 9.47 Å². The number of hydrogen-bond acceptors (Lipinski definition) is 7. The molecule has 1 aromatic heterocycles. The van der Waals surface area contributed by atoms with Gasteiger partial charge in [-0.1, -0.05) is 4.83 Å². The third-order valence-electron chi connectivity index (χ3n) is 3.71. The van der Waals surface area contributed by atoms with Crippen molar-refractivity contribution in [3.05, 3.63) is 48.8 Å². The summed E-state index contributed by atoms with van der Waals surface area (Å²) in [5.74, 6) is -0.350. The van der Waals surface area contributed by atoms with E-state index in [-0.39, 0.29) is 16.7 Å². The van der Waals surface area contributed by atoms with Gasteiger partial charge in [0.2, 0.25) is 0 Å². The van der Waals surface area contributed by atoms with Crippen LogP contribution in [-0.2, 0) is 19.6 Å². The number of sulfonamides is 1. The summed E-state index contributed by atoms with van der Waals surface area (Å²) in [7, 11) is -4.12. The number of ether oxygens (including phenoxy) is 2. The molecule has 1 aliphatic rings. The number of nitrogens with zero attached hydrogens (tertiary/aromatic N) is 2. The van der Waals surface area contributed by atoms with Crippen molar-refractivity contribution in [1.29, 1.82) is 0 Å². The topological polar surface area (TPSA) is 118 Å². The minimum absolute atomic E-state index is 0.00391. The molecule has 26 heavy (non-hydrogen) atoms. The van der Waals surface area contributed by atoms with Gasteiger partial charge in [-0.25, -0.2) is 8.42 Å². The number of hydrogen-bond donors (Lipinski definition) is 2. The molecule has 1 atom stereocenters. The van der Waals surface area contributed by atoms with E-state index < -0.39 is 21.8 Å². The summed E-state index contributed by atoms with van der Waals surface area (Å²) < 4.78 is 35.2. The molecule has 138 valence electrons. The van der Waals surface area contributed by atoms with Crippen LogP contribution < -0.4 is 9.57 Å². The van der Waals surface area contributed by atoms with Crippen LogP contribution in [0.2, 0.25) is 0 Å². The summed E-state index contributed by atoms with van der Waals surface area (Å²) in [6, 6.07) is 8.85. The second-order valence-electron chi connectivity index (χ2n) is 5.56. The third-order valence-corrected chi connectivity index (χ3v) is 5.02. The van der Waals surface area contributed by atoms with Gasteiger partial charge in [-0.05, 0) is 42.8 Å². The number of amides is 1. The highest BCUT2D eigenvalue weighted by molar-refractivity contribution is 7.89. The summed E-state index contributed by atoms with van der Waals surface area (Å²) in [4.78, 5) is 17.5. The zero-order chi connectivity index (χ0) is 18.6. The molecule has 0 radical (unpaired) electrons. The number of hydrazine groups is 1. The van der Waals surface area contributed by atoms with Crippen molar-refractivity contribution in [2.45, 2.75) is 11.3 Å². The molecule has 0 bridgehead atoms. The van der Waals surface area contributed by atoms with E-state index in [0.29, 0.717) is 24.5 Å². The predicted molar refractivity (Wildman–Crippen MR) is 88.6 cm³/mol. The van der Waals surface area contributed by atoms with Crippen molar-refractivity contribution in [3.8, 4) is 11.5 Å². The summed E-state index contributed by atoms with van der Waals surface area (Å²) >= 11 is 0. The Labute approximate surface area is 150 Å². The first kappa shape index (κ1) is 18.3. The van der Waals surface area contributed by atoms with Crippen molar-refractivity contribution in [2.75, 3.05) is 13.2 Å². The van der Waals surface area contributed by atoms with Crippen molar-refractivity contribution in [2.24, 2.45) is 5.92 Å². The van der Waals surface area contributed by atoms with Crippen LogP contribution in [0.5, 0.6) is 11.5 Å². The molecule has 1 saturated heterocycles. The normalized spacial score (nSPS) is 17.0. The number of benzene rings is 1. The smallest absolute Gasteiger partial charge is 0.267 e. The van der Waals surface area contributed by atoms with Gasteiger partial charge in [0.15, 0.2) is 0 Å². The highest BCUT2D eigenvalue weighted by Gasteiger charge is 2.30. The average molecular weight is 379 g/mol. The molecule has 1 unspecified atom stereocenters. The molecule has 10 heteroatoms. The van der Waals surface area contributed by atoms with Crippen LogP contribution in [0.25, 0.3) is 0 Å². The fourth-order valence-corrected chi connectivity index (χ4v) is 3.26. The summed E-state index contributed by atoms with van der Waals surface area (Å²) in [6.45, 7) is 0.550. The molecule has 0 saturated carbocycles. The highest BCUT2D eigenvalue weighted by Crippen LogP contribution is 2.22. The molecular weight excluding hydrogens is 362 g/mol. The Kier molecular flexibility index (Phi) is 5.47. The van der Waals surface area contributed by atoms with Gasteiger partial charge in [0.1, 0.15) is 11.5 Å². The number of hydroxylamine groups is 1. The summed E-state index contributed by atoms with van der Waals surface area (Å²) in [5, 5.41) is 9.73. The van der Waals surface area contributed by atoms with Crippen LogP contribution >= 0.6 is 0 Å². The Morgan fingerprint density at radius 2 is 1.85 bits per heavy atom. The van der Waals surface area contributed by atoms with Gasteiger partial charge in [-0.3, -0.25) is 15.0 Å². The van der Waals surface area contributed by atoms with E-state index in [1.165, 1.54) is 24.3 Å². The monoisotopic (exact) mass is 379 g/mol. The standard InChI is InChI=1S/C16H17N3O6S/c20-16(12-7-10-24-11-12)19(21)18-26(22,23)15-3-1-13(2-4-15)25-14-5-8-17-9-6-14/h1-6,8-9,12,18,21H,7,10-11H2. The van der Waals surface area contributed by atoms with Crippen LogP contribution in [0, 0.1) is 5.92 Å². The maximum absolute atomic E-state index is 12.3. The Bertz CT molecular complexity index is 851. The second-order valence-corrected chi connectivity index (χ2v) is 7.22. The Balaban J connectivity index is 1.66. The minimum Gasteiger partial charge on any atom is -0.457 e. The van der Waals surface area contributed by atoms with Crippen molar-refractivity contribution in [1.82, 2.24) is 15.0 Å². The number of nitrogens with one attached hydrogen (secondary N) is 1. The molecule has 0 spiro atoms. The van der Waals surface area contributed by atoms with Crippen LogP contribution in [0.1, 0.15) is 6.42 Å². The Morgan fingerprint density at radius 1 is 1.19 bits per heavy atom. The zero-order valence-electron chi connectivity index (χ0n) is 13.6. The van der Waals surface area contributed by atoms with Gasteiger partial charge >= 0.3 is 0 Å². The van der Waals surface area contributed by atoms with Gasteiger partial charge in [0.25, 0.3) is 15.9 Å². The molecule has 1 aliphatic heterocycles.